The van der Waals surface area contributed by atoms with Gasteiger partial charge < -0.3 is 18.6 Å². The van der Waals surface area contributed by atoms with E-state index < -0.39 is 0 Å². The first-order chi connectivity index (χ1) is 28.7. The topological polar surface area (TPSA) is 30.5 Å². The molecule has 2 aromatic heterocycles. The SMILES string of the molecule is c1ccc(-c2ccc(N(c3ccc(-c4ccc5c6c4c4ccccc4n6-c4ccccc4O5)cc3)c3ccc4c(c3)oc3cc(-c5ccccc5)ccc34)cc2)cc1. The standard InChI is InChI=1S/C54H34N2O2/c1-3-11-35(12-4-1)37-19-24-40(25-20-37)55(42-28-30-45-44-29-23-39(36-13-5-2-6-14-36)33-51(44)58-52(45)34-42)41-26-21-38(22-27-41)43-31-32-50-54-53(43)46-15-7-8-16-47(46)56(54)48-17-9-10-18-49(48)57-50/h1-34H. The minimum absolute atomic E-state index is 0.851. The number of rotatable bonds is 6. The molecule has 4 nitrogen and oxygen atoms in total. The van der Waals surface area contributed by atoms with E-state index in [1.807, 2.05) is 18.2 Å². The number of hydrogen-bond acceptors (Lipinski definition) is 3. The molecule has 9 aromatic carbocycles. The maximum atomic E-state index is 6.62. The quantitative estimate of drug-likeness (QED) is 0.170. The van der Waals surface area contributed by atoms with Crippen molar-refractivity contribution in [3.8, 4) is 50.6 Å². The number of para-hydroxylation sites is 3. The van der Waals surface area contributed by atoms with Gasteiger partial charge in [0.2, 0.25) is 0 Å². The van der Waals surface area contributed by atoms with Gasteiger partial charge in [-0.05, 0) is 112 Å². The number of anilines is 3. The van der Waals surface area contributed by atoms with Crippen molar-refractivity contribution < 1.29 is 9.15 Å². The molecular formula is C54H34N2O2. The molecule has 0 fully saturated rings. The van der Waals surface area contributed by atoms with Gasteiger partial charge in [-0.2, -0.15) is 0 Å². The van der Waals surface area contributed by atoms with Crippen LogP contribution in [0.3, 0.4) is 0 Å². The summed E-state index contributed by atoms with van der Waals surface area (Å²) < 4.78 is 15.5. The van der Waals surface area contributed by atoms with Crippen LogP contribution in [0.15, 0.2) is 211 Å². The number of benzene rings is 9. The summed E-state index contributed by atoms with van der Waals surface area (Å²) in [5, 5.41) is 4.60. The van der Waals surface area contributed by atoms with Crippen LogP contribution in [0.1, 0.15) is 0 Å². The summed E-state index contributed by atoms with van der Waals surface area (Å²) >= 11 is 0. The second-order valence-corrected chi connectivity index (χ2v) is 14.9. The van der Waals surface area contributed by atoms with Crippen molar-refractivity contribution in [2.75, 3.05) is 4.90 Å². The molecule has 0 bridgehead atoms. The van der Waals surface area contributed by atoms with Crippen LogP contribution in [0.4, 0.5) is 17.1 Å². The van der Waals surface area contributed by atoms with Gasteiger partial charge in [-0.25, -0.2) is 0 Å². The van der Waals surface area contributed by atoms with Gasteiger partial charge in [-0.3, -0.25) is 0 Å². The molecule has 0 amide bonds. The molecule has 12 rings (SSSR count). The molecule has 0 atom stereocenters. The molecule has 0 saturated carbocycles. The van der Waals surface area contributed by atoms with Crippen molar-refractivity contribution in [3.63, 3.8) is 0 Å². The van der Waals surface area contributed by atoms with E-state index in [0.717, 1.165) is 72.8 Å². The molecule has 0 aliphatic carbocycles. The molecule has 4 heteroatoms. The van der Waals surface area contributed by atoms with E-state index in [0.29, 0.717) is 0 Å². The fourth-order valence-electron chi connectivity index (χ4n) is 8.87. The van der Waals surface area contributed by atoms with E-state index in [2.05, 4.69) is 198 Å². The normalized spacial score (nSPS) is 11.9. The van der Waals surface area contributed by atoms with Crippen LogP contribution in [0.5, 0.6) is 11.5 Å². The number of nitrogens with zero attached hydrogens (tertiary/aromatic N) is 2. The molecule has 0 spiro atoms. The fourth-order valence-corrected chi connectivity index (χ4v) is 8.87. The zero-order valence-electron chi connectivity index (χ0n) is 31.3. The number of fused-ring (bicyclic) bond motifs is 8. The first-order valence-corrected chi connectivity index (χ1v) is 19.7. The summed E-state index contributed by atoms with van der Waals surface area (Å²) in [5.74, 6) is 1.73. The van der Waals surface area contributed by atoms with Crippen molar-refractivity contribution in [1.29, 1.82) is 0 Å². The highest BCUT2D eigenvalue weighted by atomic mass is 16.5. The van der Waals surface area contributed by atoms with E-state index in [4.69, 9.17) is 9.15 Å². The molecular weight excluding hydrogens is 709 g/mol. The maximum absolute atomic E-state index is 6.62. The molecule has 0 N–H and O–H groups in total. The fraction of sp³-hybridized carbons (Fsp3) is 0. The second kappa shape index (κ2) is 12.9. The molecule has 0 saturated heterocycles. The van der Waals surface area contributed by atoms with E-state index >= 15 is 0 Å². The highest BCUT2D eigenvalue weighted by Crippen LogP contribution is 2.49. The highest BCUT2D eigenvalue weighted by molar-refractivity contribution is 6.18. The molecule has 0 radical (unpaired) electrons. The Morgan fingerprint density at radius 1 is 0.379 bits per heavy atom. The number of hydrogen-bond donors (Lipinski definition) is 0. The Bertz CT molecular complexity index is 3340. The van der Waals surface area contributed by atoms with Gasteiger partial charge in [0.05, 0.1) is 16.7 Å². The number of furan rings is 1. The number of aromatic nitrogens is 1. The van der Waals surface area contributed by atoms with Crippen molar-refractivity contribution >= 4 is 60.8 Å². The lowest BCUT2D eigenvalue weighted by Gasteiger charge is -2.26. The third-order valence-corrected chi connectivity index (χ3v) is 11.6. The zero-order valence-corrected chi connectivity index (χ0v) is 31.3. The largest absolute Gasteiger partial charge is 0.456 e. The molecule has 1 aliphatic rings. The van der Waals surface area contributed by atoms with Gasteiger partial charge in [0.25, 0.3) is 0 Å². The highest BCUT2D eigenvalue weighted by Gasteiger charge is 2.26. The van der Waals surface area contributed by atoms with Crippen molar-refractivity contribution in [3.05, 3.63) is 206 Å². The molecule has 272 valence electrons. The summed E-state index contributed by atoms with van der Waals surface area (Å²) in [7, 11) is 0. The third kappa shape index (κ3) is 5.09. The minimum Gasteiger partial charge on any atom is -0.456 e. The lowest BCUT2D eigenvalue weighted by molar-refractivity contribution is 0.476. The monoisotopic (exact) mass is 742 g/mol. The van der Waals surface area contributed by atoms with E-state index in [1.54, 1.807) is 0 Å². The lowest BCUT2D eigenvalue weighted by atomic mass is 9.98. The second-order valence-electron chi connectivity index (χ2n) is 14.9. The van der Waals surface area contributed by atoms with Crippen molar-refractivity contribution in [2.24, 2.45) is 0 Å². The van der Waals surface area contributed by atoms with Gasteiger partial charge in [0.1, 0.15) is 11.2 Å². The first kappa shape index (κ1) is 32.4. The number of ether oxygens (including phenoxy) is 1. The maximum Gasteiger partial charge on any atom is 0.152 e. The smallest absolute Gasteiger partial charge is 0.152 e. The van der Waals surface area contributed by atoms with Crippen molar-refractivity contribution in [1.82, 2.24) is 4.57 Å². The summed E-state index contributed by atoms with van der Waals surface area (Å²) in [5.41, 5.74) is 15.1. The molecule has 1 aliphatic heterocycles. The van der Waals surface area contributed by atoms with Crippen LogP contribution in [0.25, 0.3) is 82.8 Å². The zero-order chi connectivity index (χ0) is 38.2. The Labute approximate surface area is 335 Å². The predicted octanol–water partition coefficient (Wildman–Crippen LogP) is 15.3. The summed E-state index contributed by atoms with van der Waals surface area (Å²) in [6.45, 7) is 0. The Balaban J connectivity index is 0.986. The van der Waals surface area contributed by atoms with Crippen LogP contribution in [-0.2, 0) is 0 Å². The average Bonchev–Trinajstić information content (AvgIpc) is 3.84. The van der Waals surface area contributed by atoms with Crippen molar-refractivity contribution in [2.45, 2.75) is 0 Å². The molecule has 0 unspecified atom stereocenters. The van der Waals surface area contributed by atoms with Gasteiger partial charge >= 0.3 is 0 Å². The summed E-state index contributed by atoms with van der Waals surface area (Å²) in [4.78, 5) is 2.31. The predicted molar refractivity (Wildman–Crippen MR) is 239 cm³/mol. The van der Waals surface area contributed by atoms with Crippen LogP contribution in [-0.4, -0.2) is 4.57 Å². The Hall–Kier alpha value is -7.82. The van der Waals surface area contributed by atoms with Gasteiger partial charge in [-0.1, -0.05) is 121 Å². The van der Waals surface area contributed by atoms with Gasteiger partial charge in [0, 0.05) is 44.7 Å². The Kier molecular flexibility index (Phi) is 7.20. The van der Waals surface area contributed by atoms with Gasteiger partial charge in [0.15, 0.2) is 11.5 Å². The Morgan fingerprint density at radius 2 is 0.948 bits per heavy atom. The van der Waals surface area contributed by atoms with Crippen LogP contribution >= 0.6 is 0 Å². The lowest BCUT2D eigenvalue weighted by Crippen LogP contribution is -2.09. The van der Waals surface area contributed by atoms with Crippen LogP contribution < -0.4 is 9.64 Å². The molecule has 11 aromatic rings. The summed E-state index contributed by atoms with van der Waals surface area (Å²) in [6.07, 6.45) is 0. The van der Waals surface area contributed by atoms with Crippen LogP contribution in [0.2, 0.25) is 0 Å². The minimum atomic E-state index is 0.851. The van der Waals surface area contributed by atoms with Gasteiger partial charge in [-0.15, -0.1) is 0 Å². The molecule has 3 heterocycles. The van der Waals surface area contributed by atoms with E-state index in [1.165, 1.54) is 38.5 Å². The molecule has 58 heavy (non-hydrogen) atoms. The first-order valence-electron chi connectivity index (χ1n) is 19.7. The average molecular weight is 743 g/mol. The third-order valence-electron chi connectivity index (χ3n) is 11.6. The summed E-state index contributed by atoms with van der Waals surface area (Å²) in [6, 6.07) is 73.1. The van der Waals surface area contributed by atoms with Crippen LogP contribution in [0, 0.1) is 0 Å². The Morgan fingerprint density at radius 3 is 1.71 bits per heavy atom. The van der Waals surface area contributed by atoms with E-state index in [9.17, 15) is 0 Å². The van der Waals surface area contributed by atoms with E-state index in [-0.39, 0.29) is 0 Å².